The Hall–Kier alpha value is -3.22. The number of para-hydroxylation sites is 2. The van der Waals surface area contributed by atoms with E-state index in [2.05, 4.69) is 20.8 Å². The number of tetrazole rings is 1. The van der Waals surface area contributed by atoms with E-state index in [0.717, 1.165) is 5.69 Å². The van der Waals surface area contributed by atoms with E-state index in [1.165, 1.54) is 0 Å². The molecular formula is C16H15N5O2. The normalized spacial score (nSPS) is 10.3. The lowest BCUT2D eigenvalue weighted by Gasteiger charge is -2.07. The molecule has 0 unspecified atom stereocenters. The van der Waals surface area contributed by atoms with Crippen LogP contribution in [0.1, 0.15) is 5.82 Å². The first kappa shape index (κ1) is 14.7. The fourth-order valence-electron chi connectivity index (χ4n) is 1.98. The van der Waals surface area contributed by atoms with Gasteiger partial charge in [-0.3, -0.25) is 4.79 Å². The Kier molecular flexibility index (Phi) is 4.58. The van der Waals surface area contributed by atoms with Gasteiger partial charge in [0.1, 0.15) is 5.75 Å². The number of nitrogens with zero attached hydrogens (tertiary/aromatic N) is 4. The van der Waals surface area contributed by atoms with Crippen molar-refractivity contribution in [2.24, 2.45) is 0 Å². The van der Waals surface area contributed by atoms with Crippen molar-refractivity contribution >= 4 is 5.91 Å². The number of hydrogen-bond acceptors (Lipinski definition) is 5. The Bertz CT molecular complexity index is 758. The van der Waals surface area contributed by atoms with Gasteiger partial charge >= 0.3 is 0 Å². The third kappa shape index (κ3) is 3.91. The number of carbonyl (C=O) groups excluding carboxylic acids is 1. The van der Waals surface area contributed by atoms with Gasteiger partial charge in [0.05, 0.1) is 12.2 Å². The summed E-state index contributed by atoms with van der Waals surface area (Å²) in [7, 11) is 0. The van der Waals surface area contributed by atoms with E-state index in [0.29, 0.717) is 11.6 Å². The van der Waals surface area contributed by atoms with E-state index in [9.17, 15) is 4.79 Å². The molecular weight excluding hydrogens is 294 g/mol. The highest BCUT2D eigenvalue weighted by atomic mass is 16.5. The van der Waals surface area contributed by atoms with Gasteiger partial charge in [-0.25, -0.2) is 0 Å². The van der Waals surface area contributed by atoms with E-state index in [1.807, 2.05) is 48.5 Å². The summed E-state index contributed by atoms with van der Waals surface area (Å²) in [4.78, 5) is 11.8. The fourth-order valence-corrected chi connectivity index (χ4v) is 1.98. The van der Waals surface area contributed by atoms with Gasteiger partial charge in [-0.15, -0.1) is 5.10 Å². The van der Waals surface area contributed by atoms with Crippen molar-refractivity contribution < 1.29 is 9.53 Å². The number of ether oxygens (including phenoxy) is 1. The largest absolute Gasteiger partial charge is 0.484 e. The van der Waals surface area contributed by atoms with Crippen LogP contribution in [0, 0.1) is 0 Å². The van der Waals surface area contributed by atoms with Crippen molar-refractivity contribution in [3.8, 4) is 11.4 Å². The molecule has 0 aliphatic rings. The minimum Gasteiger partial charge on any atom is -0.484 e. The Balaban J connectivity index is 1.55. The Morgan fingerprint density at radius 1 is 1.04 bits per heavy atom. The zero-order valence-corrected chi connectivity index (χ0v) is 12.3. The quantitative estimate of drug-likeness (QED) is 0.743. The van der Waals surface area contributed by atoms with Crippen molar-refractivity contribution in [1.29, 1.82) is 0 Å². The maximum atomic E-state index is 11.8. The molecule has 0 spiro atoms. The van der Waals surface area contributed by atoms with Gasteiger partial charge in [0.25, 0.3) is 5.91 Å². The maximum absolute atomic E-state index is 11.8. The zero-order valence-electron chi connectivity index (χ0n) is 12.3. The second kappa shape index (κ2) is 7.17. The van der Waals surface area contributed by atoms with Gasteiger partial charge in [0.2, 0.25) is 0 Å². The molecule has 0 fully saturated rings. The molecule has 0 aliphatic carbocycles. The number of aromatic nitrogens is 4. The van der Waals surface area contributed by atoms with Gasteiger partial charge < -0.3 is 10.1 Å². The van der Waals surface area contributed by atoms with Crippen LogP contribution in [0.2, 0.25) is 0 Å². The summed E-state index contributed by atoms with van der Waals surface area (Å²) in [6, 6.07) is 18.7. The van der Waals surface area contributed by atoms with E-state index >= 15 is 0 Å². The van der Waals surface area contributed by atoms with Crippen LogP contribution in [-0.2, 0) is 11.3 Å². The summed E-state index contributed by atoms with van der Waals surface area (Å²) in [5, 5.41) is 14.2. The minimum atomic E-state index is -0.239. The molecule has 7 nitrogen and oxygen atoms in total. The van der Waals surface area contributed by atoms with Crippen molar-refractivity contribution in [3.63, 3.8) is 0 Å². The van der Waals surface area contributed by atoms with Crippen LogP contribution in [0.25, 0.3) is 5.69 Å². The fraction of sp³-hybridized carbons (Fsp3) is 0.125. The molecule has 1 N–H and O–H groups in total. The van der Waals surface area contributed by atoms with Crippen LogP contribution in [-0.4, -0.2) is 32.7 Å². The molecule has 0 saturated carbocycles. The van der Waals surface area contributed by atoms with E-state index in [4.69, 9.17) is 4.74 Å². The Morgan fingerprint density at radius 3 is 2.48 bits per heavy atom. The van der Waals surface area contributed by atoms with Gasteiger partial charge in [-0.05, 0) is 34.7 Å². The number of benzene rings is 2. The van der Waals surface area contributed by atoms with Gasteiger partial charge in [-0.1, -0.05) is 36.4 Å². The molecule has 7 heteroatoms. The summed E-state index contributed by atoms with van der Waals surface area (Å²) in [6.45, 7) is 0.162. The first-order valence-corrected chi connectivity index (χ1v) is 7.10. The third-order valence-electron chi connectivity index (χ3n) is 3.09. The van der Waals surface area contributed by atoms with Crippen molar-refractivity contribution in [2.75, 3.05) is 6.61 Å². The topological polar surface area (TPSA) is 81.9 Å². The standard InChI is InChI=1S/C16H15N5O2/c22-16(12-23-14-9-5-2-6-10-14)17-11-15-18-19-20-21(15)13-7-3-1-4-8-13/h1-10H,11-12H2,(H,17,22). The lowest BCUT2D eigenvalue weighted by Crippen LogP contribution is -2.29. The second-order valence-electron chi connectivity index (χ2n) is 4.72. The molecule has 1 aromatic heterocycles. The summed E-state index contributed by atoms with van der Waals surface area (Å²) >= 11 is 0. The Labute approximate surface area is 132 Å². The summed E-state index contributed by atoms with van der Waals surface area (Å²) in [5.74, 6) is 0.956. The lowest BCUT2D eigenvalue weighted by atomic mass is 10.3. The molecule has 116 valence electrons. The van der Waals surface area contributed by atoms with E-state index in [-0.39, 0.29) is 19.1 Å². The maximum Gasteiger partial charge on any atom is 0.258 e. The van der Waals surface area contributed by atoms with Crippen molar-refractivity contribution in [1.82, 2.24) is 25.5 Å². The zero-order chi connectivity index (χ0) is 15.9. The first-order valence-electron chi connectivity index (χ1n) is 7.10. The molecule has 0 bridgehead atoms. The van der Waals surface area contributed by atoms with Crippen LogP contribution >= 0.6 is 0 Å². The number of nitrogens with one attached hydrogen (secondary N) is 1. The molecule has 0 saturated heterocycles. The number of amides is 1. The highest BCUT2D eigenvalue weighted by Crippen LogP contribution is 2.08. The summed E-state index contributed by atoms with van der Waals surface area (Å²) in [6.07, 6.45) is 0. The van der Waals surface area contributed by atoms with Crippen LogP contribution < -0.4 is 10.1 Å². The molecule has 1 amide bonds. The van der Waals surface area contributed by atoms with Crippen molar-refractivity contribution in [2.45, 2.75) is 6.54 Å². The number of carbonyl (C=O) groups is 1. The average molecular weight is 309 g/mol. The van der Waals surface area contributed by atoms with Gasteiger partial charge in [0, 0.05) is 0 Å². The predicted molar refractivity (Wildman–Crippen MR) is 82.9 cm³/mol. The minimum absolute atomic E-state index is 0.0586. The predicted octanol–water partition coefficient (Wildman–Crippen LogP) is 1.36. The third-order valence-corrected chi connectivity index (χ3v) is 3.09. The first-order chi connectivity index (χ1) is 11.3. The van der Waals surface area contributed by atoms with E-state index < -0.39 is 0 Å². The van der Waals surface area contributed by atoms with Crippen molar-refractivity contribution in [3.05, 3.63) is 66.5 Å². The molecule has 0 radical (unpaired) electrons. The average Bonchev–Trinajstić information content (AvgIpc) is 3.08. The Morgan fingerprint density at radius 2 is 1.74 bits per heavy atom. The lowest BCUT2D eigenvalue weighted by molar-refractivity contribution is -0.123. The molecule has 23 heavy (non-hydrogen) atoms. The number of hydrogen-bond donors (Lipinski definition) is 1. The summed E-state index contributed by atoms with van der Waals surface area (Å²) in [5.41, 5.74) is 0.835. The molecule has 0 aliphatic heterocycles. The monoisotopic (exact) mass is 309 g/mol. The van der Waals surface area contributed by atoms with Crippen LogP contribution in [0.3, 0.4) is 0 Å². The molecule has 3 aromatic rings. The smallest absolute Gasteiger partial charge is 0.258 e. The highest BCUT2D eigenvalue weighted by Gasteiger charge is 2.10. The highest BCUT2D eigenvalue weighted by molar-refractivity contribution is 5.77. The number of rotatable bonds is 6. The molecule has 0 atom stereocenters. The second-order valence-corrected chi connectivity index (χ2v) is 4.72. The molecule has 1 heterocycles. The van der Waals surface area contributed by atoms with Crippen LogP contribution in [0.5, 0.6) is 5.75 Å². The van der Waals surface area contributed by atoms with Gasteiger partial charge in [0.15, 0.2) is 12.4 Å². The van der Waals surface area contributed by atoms with Gasteiger partial charge in [-0.2, -0.15) is 4.68 Å². The van der Waals surface area contributed by atoms with Crippen LogP contribution in [0.4, 0.5) is 0 Å². The SMILES string of the molecule is O=C(COc1ccccc1)NCc1nnnn1-c1ccccc1. The van der Waals surface area contributed by atoms with E-state index in [1.54, 1.807) is 16.8 Å². The summed E-state index contributed by atoms with van der Waals surface area (Å²) < 4.78 is 6.96. The van der Waals surface area contributed by atoms with Crippen LogP contribution in [0.15, 0.2) is 60.7 Å². The molecule has 2 aromatic carbocycles. The molecule has 3 rings (SSSR count).